The average Bonchev–Trinajstić information content (AvgIpc) is 3.01. The molecule has 0 aliphatic carbocycles. The standard InChI is InChI=1S/C17H23N3O/c1-13(12-20-8-4-7-19-20)18-11-14-5-6-16-15(9-14)10-17(2,3)21-16/h4-9,13,18H,10-12H2,1-3H3. The fourth-order valence-corrected chi connectivity index (χ4v) is 2.82. The lowest BCUT2D eigenvalue weighted by Gasteiger charge is -2.16. The minimum absolute atomic E-state index is 0.0677. The Morgan fingerprint density at radius 3 is 3.05 bits per heavy atom. The highest BCUT2D eigenvalue weighted by molar-refractivity contribution is 5.41. The molecule has 1 aliphatic rings. The molecule has 1 N–H and O–H groups in total. The summed E-state index contributed by atoms with van der Waals surface area (Å²) >= 11 is 0. The number of benzene rings is 1. The lowest BCUT2D eigenvalue weighted by atomic mass is 10.0. The fourth-order valence-electron chi connectivity index (χ4n) is 2.82. The fraction of sp³-hybridized carbons (Fsp3) is 0.471. The maximum absolute atomic E-state index is 5.91. The Morgan fingerprint density at radius 1 is 1.43 bits per heavy atom. The molecule has 21 heavy (non-hydrogen) atoms. The predicted molar refractivity (Wildman–Crippen MR) is 83.4 cm³/mol. The molecule has 2 heterocycles. The smallest absolute Gasteiger partial charge is 0.123 e. The zero-order chi connectivity index (χ0) is 14.9. The van der Waals surface area contributed by atoms with Crippen molar-refractivity contribution in [3.05, 3.63) is 47.8 Å². The van der Waals surface area contributed by atoms with Crippen LogP contribution in [0.4, 0.5) is 0 Å². The summed E-state index contributed by atoms with van der Waals surface area (Å²) in [6.45, 7) is 8.21. The molecule has 0 spiro atoms. The topological polar surface area (TPSA) is 39.1 Å². The van der Waals surface area contributed by atoms with Gasteiger partial charge in [0, 0.05) is 31.4 Å². The third-order valence-electron chi connectivity index (χ3n) is 3.80. The maximum Gasteiger partial charge on any atom is 0.123 e. The Labute approximate surface area is 126 Å². The lowest BCUT2D eigenvalue weighted by Crippen LogP contribution is -2.30. The highest BCUT2D eigenvalue weighted by atomic mass is 16.5. The third-order valence-corrected chi connectivity index (χ3v) is 3.80. The number of aromatic nitrogens is 2. The summed E-state index contributed by atoms with van der Waals surface area (Å²) in [4.78, 5) is 0. The Balaban J connectivity index is 1.57. The summed E-state index contributed by atoms with van der Waals surface area (Å²) in [6, 6.07) is 8.84. The van der Waals surface area contributed by atoms with E-state index in [0.29, 0.717) is 6.04 Å². The molecule has 4 nitrogen and oxygen atoms in total. The van der Waals surface area contributed by atoms with Gasteiger partial charge in [0.15, 0.2) is 0 Å². The second-order valence-electron chi connectivity index (χ2n) is 6.49. The van der Waals surface area contributed by atoms with E-state index in [4.69, 9.17) is 4.74 Å². The second-order valence-corrected chi connectivity index (χ2v) is 6.49. The van der Waals surface area contributed by atoms with Crippen LogP contribution in [0.25, 0.3) is 0 Å². The molecule has 0 saturated carbocycles. The van der Waals surface area contributed by atoms with Crippen LogP contribution in [-0.2, 0) is 19.5 Å². The van der Waals surface area contributed by atoms with Crippen LogP contribution in [0, 0.1) is 0 Å². The van der Waals surface area contributed by atoms with Gasteiger partial charge in [-0.3, -0.25) is 4.68 Å². The third kappa shape index (κ3) is 3.45. The van der Waals surface area contributed by atoms with Gasteiger partial charge in [-0.05, 0) is 44.0 Å². The van der Waals surface area contributed by atoms with Gasteiger partial charge in [-0.15, -0.1) is 0 Å². The molecule has 0 bridgehead atoms. The van der Waals surface area contributed by atoms with Gasteiger partial charge in [0.25, 0.3) is 0 Å². The minimum atomic E-state index is -0.0677. The molecular formula is C17H23N3O. The van der Waals surface area contributed by atoms with Crippen molar-refractivity contribution in [1.82, 2.24) is 15.1 Å². The van der Waals surface area contributed by atoms with Gasteiger partial charge in [-0.2, -0.15) is 5.10 Å². The number of rotatable bonds is 5. The number of nitrogens with zero attached hydrogens (tertiary/aromatic N) is 2. The molecule has 0 saturated heterocycles. The summed E-state index contributed by atoms with van der Waals surface area (Å²) in [5.74, 6) is 1.04. The van der Waals surface area contributed by atoms with Crippen LogP contribution in [0.1, 0.15) is 31.9 Å². The molecule has 0 radical (unpaired) electrons. The van der Waals surface area contributed by atoms with Crippen molar-refractivity contribution in [3.63, 3.8) is 0 Å². The molecule has 1 unspecified atom stereocenters. The van der Waals surface area contributed by atoms with Crippen molar-refractivity contribution < 1.29 is 4.74 Å². The molecule has 0 amide bonds. The second kappa shape index (κ2) is 5.53. The van der Waals surface area contributed by atoms with E-state index in [-0.39, 0.29) is 5.60 Å². The van der Waals surface area contributed by atoms with Gasteiger partial charge >= 0.3 is 0 Å². The van der Waals surface area contributed by atoms with Gasteiger partial charge in [0.05, 0.1) is 6.54 Å². The minimum Gasteiger partial charge on any atom is -0.487 e. The molecule has 1 aromatic carbocycles. The van der Waals surface area contributed by atoms with Crippen LogP contribution >= 0.6 is 0 Å². The SMILES string of the molecule is CC(Cn1cccn1)NCc1ccc2c(c1)CC(C)(C)O2. The van der Waals surface area contributed by atoms with Crippen molar-refractivity contribution in [3.8, 4) is 5.75 Å². The van der Waals surface area contributed by atoms with Gasteiger partial charge in [-0.25, -0.2) is 0 Å². The Morgan fingerprint density at radius 2 is 2.29 bits per heavy atom. The van der Waals surface area contributed by atoms with E-state index in [1.807, 2.05) is 23.1 Å². The number of ether oxygens (including phenoxy) is 1. The summed E-state index contributed by atoms with van der Waals surface area (Å²) in [6.07, 6.45) is 4.79. The van der Waals surface area contributed by atoms with Gasteiger partial charge < -0.3 is 10.1 Å². The number of nitrogens with one attached hydrogen (secondary N) is 1. The molecule has 4 heteroatoms. The molecule has 112 valence electrons. The normalized spacial score (nSPS) is 17.3. The zero-order valence-corrected chi connectivity index (χ0v) is 13.0. The van der Waals surface area contributed by atoms with Gasteiger partial charge in [-0.1, -0.05) is 12.1 Å². The lowest BCUT2D eigenvalue weighted by molar-refractivity contribution is 0.138. The van der Waals surface area contributed by atoms with Crippen molar-refractivity contribution >= 4 is 0 Å². The van der Waals surface area contributed by atoms with E-state index in [2.05, 4.69) is 49.4 Å². The average molecular weight is 285 g/mol. The molecule has 1 aliphatic heterocycles. The number of hydrogen-bond acceptors (Lipinski definition) is 3. The molecule has 0 fully saturated rings. The first-order valence-corrected chi connectivity index (χ1v) is 7.53. The van der Waals surface area contributed by atoms with Crippen LogP contribution in [0.5, 0.6) is 5.75 Å². The molecule has 1 atom stereocenters. The first-order chi connectivity index (χ1) is 10.0. The first-order valence-electron chi connectivity index (χ1n) is 7.53. The summed E-state index contributed by atoms with van der Waals surface area (Å²) in [5, 5.41) is 7.78. The Bertz CT molecular complexity index is 605. The van der Waals surface area contributed by atoms with E-state index >= 15 is 0 Å². The van der Waals surface area contributed by atoms with Crippen LogP contribution < -0.4 is 10.1 Å². The monoisotopic (exact) mass is 285 g/mol. The zero-order valence-electron chi connectivity index (χ0n) is 13.0. The van der Waals surface area contributed by atoms with Crippen molar-refractivity contribution in [2.45, 2.75) is 51.9 Å². The summed E-state index contributed by atoms with van der Waals surface area (Å²) in [5.41, 5.74) is 2.56. The molecular weight excluding hydrogens is 262 g/mol. The van der Waals surface area contributed by atoms with Crippen LogP contribution in [0.2, 0.25) is 0 Å². The van der Waals surface area contributed by atoms with E-state index < -0.39 is 0 Å². The first kappa shape index (κ1) is 14.1. The molecule has 1 aromatic heterocycles. The predicted octanol–water partition coefficient (Wildman–Crippen LogP) is 2.77. The van der Waals surface area contributed by atoms with Crippen molar-refractivity contribution in [2.75, 3.05) is 0 Å². The quantitative estimate of drug-likeness (QED) is 0.918. The van der Waals surface area contributed by atoms with E-state index in [0.717, 1.165) is 25.3 Å². The Kier molecular flexibility index (Phi) is 3.72. The van der Waals surface area contributed by atoms with E-state index in [9.17, 15) is 0 Å². The number of fused-ring (bicyclic) bond motifs is 1. The van der Waals surface area contributed by atoms with Crippen molar-refractivity contribution in [2.24, 2.45) is 0 Å². The number of hydrogen-bond donors (Lipinski definition) is 1. The Hall–Kier alpha value is -1.81. The van der Waals surface area contributed by atoms with Crippen molar-refractivity contribution in [1.29, 1.82) is 0 Å². The molecule has 3 rings (SSSR count). The highest BCUT2D eigenvalue weighted by Gasteiger charge is 2.29. The van der Waals surface area contributed by atoms with Gasteiger partial charge in [0.1, 0.15) is 11.4 Å². The van der Waals surface area contributed by atoms with Crippen LogP contribution in [-0.4, -0.2) is 21.4 Å². The highest BCUT2D eigenvalue weighted by Crippen LogP contribution is 2.35. The maximum atomic E-state index is 5.91. The van der Waals surface area contributed by atoms with Gasteiger partial charge in [0.2, 0.25) is 0 Å². The largest absolute Gasteiger partial charge is 0.487 e. The van der Waals surface area contributed by atoms with Crippen LogP contribution in [0.3, 0.4) is 0 Å². The summed E-state index contributed by atoms with van der Waals surface area (Å²) in [7, 11) is 0. The van der Waals surface area contributed by atoms with E-state index in [1.54, 1.807) is 0 Å². The van der Waals surface area contributed by atoms with Crippen LogP contribution in [0.15, 0.2) is 36.7 Å². The van der Waals surface area contributed by atoms with E-state index in [1.165, 1.54) is 11.1 Å². The summed E-state index contributed by atoms with van der Waals surface area (Å²) < 4.78 is 7.87. The molecule has 2 aromatic rings.